The molecule has 2 saturated carbocycles. The van der Waals surface area contributed by atoms with Gasteiger partial charge >= 0.3 is 12.2 Å². The normalized spacial score (nSPS) is 29.8. The van der Waals surface area contributed by atoms with E-state index in [4.69, 9.17) is 9.72 Å². The molecule has 13 heteroatoms. The van der Waals surface area contributed by atoms with Crippen LogP contribution in [0.2, 0.25) is 0 Å². The van der Waals surface area contributed by atoms with Crippen molar-refractivity contribution in [3.8, 4) is 23.0 Å². The van der Waals surface area contributed by atoms with Crippen LogP contribution >= 0.6 is 0 Å². The smallest absolute Gasteiger partial charge is 0.450 e. The van der Waals surface area contributed by atoms with Gasteiger partial charge in [0.25, 0.3) is 0 Å². The first-order valence-electron chi connectivity index (χ1n) is 18.4. The van der Waals surface area contributed by atoms with Gasteiger partial charge in [-0.2, -0.15) is 23.1 Å². The van der Waals surface area contributed by atoms with Crippen LogP contribution in [0, 0.1) is 29.0 Å². The van der Waals surface area contributed by atoms with Crippen molar-refractivity contribution < 1.29 is 36.6 Å². The third-order valence-electron chi connectivity index (χ3n) is 12.7. The van der Waals surface area contributed by atoms with Gasteiger partial charge in [-0.1, -0.05) is 31.5 Å². The van der Waals surface area contributed by atoms with Gasteiger partial charge in [-0.3, -0.25) is 14.7 Å². The number of anilines is 1. The Labute approximate surface area is 297 Å². The molecule has 7 aliphatic rings. The number of phenolic OH excluding ortho intramolecular Hbond substituents is 1. The molecule has 2 aromatic carbocycles. The highest BCUT2D eigenvalue weighted by Crippen LogP contribution is 2.67. The fourth-order valence-electron chi connectivity index (χ4n) is 10.7. The number of hydrogen-bond acceptors (Lipinski definition) is 8. The minimum absolute atomic E-state index is 0.0181. The van der Waals surface area contributed by atoms with Gasteiger partial charge in [-0.05, 0) is 90.8 Å². The second-order valence-electron chi connectivity index (χ2n) is 16.0. The van der Waals surface area contributed by atoms with Crippen LogP contribution in [-0.4, -0.2) is 81.4 Å². The van der Waals surface area contributed by atoms with Gasteiger partial charge in [-0.15, -0.1) is 0 Å². The Bertz CT molecular complexity index is 2100. The van der Waals surface area contributed by atoms with E-state index in [0.717, 1.165) is 48.6 Å². The van der Waals surface area contributed by atoms with Crippen LogP contribution < -0.4 is 9.64 Å². The van der Waals surface area contributed by atoms with E-state index < -0.39 is 46.7 Å². The number of phenols is 1. The first-order chi connectivity index (χ1) is 24.9. The second-order valence-corrected chi connectivity index (χ2v) is 16.0. The number of fused-ring (bicyclic) bond motifs is 3. The summed E-state index contributed by atoms with van der Waals surface area (Å²) in [5.41, 5.74) is 0.167. The second kappa shape index (κ2) is 11.9. The lowest BCUT2D eigenvalue weighted by molar-refractivity contribution is -0.208. The summed E-state index contributed by atoms with van der Waals surface area (Å²) in [6.45, 7) is 3.84. The Morgan fingerprint density at radius 3 is 2.71 bits per heavy atom. The SMILES string of the molecule is CCCc1cccc2cc(O)cc(-c3ncc4c(N5CC6CC7(C6)CC(C5)C7C(=O)C(F)(F)F)nc(OC[C@]56CCCN5C[C@@H](F)C6)nc4c3F)c12. The van der Waals surface area contributed by atoms with Crippen molar-refractivity contribution in [3.05, 3.63) is 47.9 Å². The maximum absolute atomic E-state index is 17.1. The van der Waals surface area contributed by atoms with Crippen molar-refractivity contribution in [2.24, 2.45) is 23.2 Å². The van der Waals surface area contributed by atoms with E-state index in [1.165, 1.54) is 12.3 Å². The number of carbonyl (C=O) groups is 1. The van der Waals surface area contributed by atoms with E-state index in [1.54, 1.807) is 6.07 Å². The van der Waals surface area contributed by atoms with Gasteiger partial charge in [0.15, 0.2) is 5.82 Å². The van der Waals surface area contributed by atoms with E-state index in [2.05, 4.69) is 21.8 Å². The molecule has 1 spiro atoms. The number of hydrogen-bond donors (Lipinski definition) is 1. The molecule has 0 radical (unpaired) electrons. The van der Waals surface area contributed by atoms with Crippen LogP contribution in [-0.2, 0) is 11.2 Å². The third-order valence-corrected chi connectivity index (χ3v) is 12.7. The number of carbonyl (C=O) groups excluding carboxylic acids is 1. The number of Topliss-reactive ketones (excluding diaryl/α,β-unsaturated/α-hetero) is 1. The van der Waals surface area contributed by atoms with E-state index >= 15 is 4.39 Å². The topological polar surface area (TPSA) is 91.7 Å². The standard InChI is InChI=1S/C39H40F5N5O3/c1-2-5-22-6-3-7-23-10-26(50)11-27(29(22)23)32-31(41)33-28(16-45-32)35(47-36(46-33)52-20-38-8-4-9-49(38)19-25(40)15-38)48-17-21-12-37(13-21)14-24(18-48)30(37)34(51)39(42,43)44/h3,6-7,10-11,16,21,24-25,30,50H,2,4-5,8-9,12-15,17-20H2,1H3/t21?,24?,25-,30?,37?,38+/m0/s1. The van der Waals surface area contributed by atoms with Crippen LogP contribution in [0.5, 0.6) is 11.8 Å². The van der Waals surface area contributed by atoms with Crippen molar-refractivity contribution >= 4 is 33.3 Å². The number of alkyl halides is 4. The van der Waals surface area contributed by atoms with Crippen molar-refractivity contribution in [1.82, 2.24) is 19.9 Å². The number of ketones is 1. The average Bonchev–Trinajstić information content (AvgIpc) is 3.57. The zero-order valence-electron chi connectivity index (χ0n) is 28.9. The summed E-state index contributed by atoms with van der Waals surface area (Å²) in [6, 6.07) is 8.74. The molecule has 7 fully saturated rings. The summed E-state index contributed by atoms with van der Waals surface area (Å²) < 4.78 is 79.4. The Balaban J connectivity index is 1.16. The van der Waals surface area contributed by atoms with Gasteiger partial charge < -0.3 is 14.7 Å². The number of pyridine rings is 1. The molecular weight excluding hydrogens is 681 g/mol. The Morgan fingerprint density at radius 1 is 1.10 bits per heavy atom. The number of aryl methyl sites for hydroxylation is 1. The first-order valence-corrected chi connectivity index (χ1v) is 18.4. The van der Waals surface area contributed by atoms with Crippen LogP contribution in [0.1, 0.15) is 57.4 Å². The van der Waals surface area contributed by atoms with Gasteiger partial charge in [-0.25, -0.2) is 8.78 Å². The monoisotopic (exact) mass is 721 g/mol. The lowest BCUT2D eigenvalue weighted by Gasteiger charge is -2.66. The van der Waals surface area contributed by atoms with E-state index in [-0.39, 0.29) is 53.2 Å². The lowest BCUT2D eigenvalue weighted by atomic mass is 9.40. The number of rotatable bonds is 8. The van der Waals surface area contributed by atoms with Crippen molar-refractivity contribution in [2.45, 2.75) is 76.2 Å². The fraction of sp³-hybridized carbons (Fsp3) is 0.538. The zero-order valence-corrected chi connectivity index (χ0v) is 28.9. The molecule has 2 aliphatic carbocycles. The molecule has 4 atom stereocenters. The number of ether oxygens (including phenoxy) is 1. The highest BCUT2D eigenvalue weighted by atomic mass is 19.4. The summed E-state index contributed by atoms with van der Waals surface area (Å²) in [5.74, 6) is -3.79. The van der Waals surface area contributed by atoms with E-state index in [0.29, 0.717) is 44.3 Å². The molecule has 11 rings (SSSR count). The highest BCUT2D eigenvalue weighted by molar-refractivity contribution is 6.01. The predicted octanol–water partition coefficient (Wildman–Crippen LogP) is 7.58. The van der Waals surface area contributed by atoms with Gasteiger partial charge in [0.2, 0.25) is 5.78 Å². The molecule has 2 aromatic heterocycles. The molecule has 52 heavy (non-hydrogen) atoms. The molecule has 5 aliphatic heterocycles. The van der Waals surface area contributed by atoms with Crippen LogP contribution in [0.25, 0.3) is 32.9 Å². The third kappa shape index (κ3) is 5.23. The molecule has 3 bridgehead atoms. The molecule has 8 nitrogen and oxygen atoms in total. The Hall–Kier alpha value is -4.13. The first kappa shape index (κ1) is 33.7. The minimum Gasteiger partial charge on any atom is -0.508 e. The Morgan fingerprint density at radius 2 is 1.92 bits per heavy atom. The van der Waals surface area contributed by atoms with Gasteiger partial charge in [0.05, 0.1) is 10.9 Å². The van der Waals surface area contributed by atoms with Crippen molar-refractivity contribution in [1.29, 1.82) is 0 Å². The molecule has 5 saturated heterocycles. The van der Waals surface area contributed by atoms with Gasteiger partial charge in [0.1, 0.15) is 35.6 Å². The summed E-state index contributed by atoms with van der Waals surface area (Å²) in [6.07, 6.45) is 0.659. The van der Waals surface area contributed by atoms with Crippen LogP contribution in [0.3, 0.4) is 0 Å². The number of halogens is 5. The summed E-state index contributed by atoms with van der Waals surface area (Å²) >= 11 is 0. The van der Waals surface area contributed by atoms with Crippen molar-refractivity contribution in [3.63, 3.8) is 0 Å². The maximum Gasteiger partial charge on any atom is 0.450 e. The largest absolute Gasteiger partial charge is 0.508 e. The molecule has 1 N–H and O–H groups in total. The number of aromatic hydroxyl groups is 1. The summed E-state index contributed by atoms with van der Waals surface area (Å²) in [7, 11) is 0. The maximum atomic E-state index is 17.1. The van der Waals surface area contributed by atoms with Gasteiger partial charge in [0, 0.05) is 43.7 Å². The van der Waals surface area contributed by atoms with Crippen LogP contribution in [0.15, 0.2) is 36.5 Å². The number of benzene rings is 2. The number of aromatic nitrogens is 3. The molecule has 4 aromatic rings. The fourth-order valence-corrected chi connectivity index (χ4v) is 10.7. The summed E-state index contributed by atoms with van der Waals surface area (Å²) in [4.78, 5) is 30.6. The van der Waals surface area contributed by atoms with E-state index in [1.807, 2.05) is 23.1 Å². The average molecular weight is 722 g/mol. The zero-order chi connectivity index (χ0) is 36.2. The molecular formula is C39H40F5N5O3. The lowest BCUT2D eigenvalue weighted by Crippen LogP contribution is -2.66. The molecule has 0 amide bonds. The Kier molecular flexibility index (Phi) is 7.74. The highest BCUT2D eigenvalue weighted by Gasteiger charge is 2.67. The molecule has 274 valence electrons. The molecule has 2 unspecified atom stereocenters. The molecule has 7 heterocycles. The van der Waals surface area contributed by atoms with Crippen LogP contribution in [0.4, 0.5) is 27.8 Å². The minimum atomic E-state index is -4.92. The van der Waals surface area contributed by atoms with E-state index in [9.17, 15) is 27.5 Å². The predicted molar refractivity (Wildman–Crippen MR) is 184 cm³/mol. The number of nitrogens with zero attached hydrogens (tertiary/aromatic N) is 5. The quantitative estimate of drug-likeness (QED) is 0.186. The van der Waals surface area contributed by atoms with Crippen molar-refractivity contribution in [2.75, 3.05) is 37.7 Å². The summed E-state index contributed by atoms with van der Waals surface area (Å²) in [5, 5.41) is 12.5.